The van der Waals surface area contributed by atoms with Crippen molar-refractivity contribution in [3.8, 4) is 0 Å². The van der Waals surface area contributed by atoms with Gasteiger partial charge in [0, 0.05) is 28.9 Å². The van der Waals surface area contributed by atoms with Crippen LogP contribution in [0.1, 0.15) is 25.5 Å². The Bertz CT molecular complexity index is 360. The molecule has 0 amide bonds. The molecule has 2 unspecified atom stereocenters. The molecule has 0 bridgehead atoms. The number of nitrogens with one attached hydrogen (secondary N) is 2. The number of rotatable bonds is 3. The zero-order valence-electron chi connectivity index (χ0n) is 8.79. The molecule has 2 heterocycles. The Hall–Kier alpha value is -0.260. The molecular weight excluding hydrogens is 228 g/mol. The van der Waals surface area contributed by atoms with E-state index in [1.54, 1.807) is 0 Å². The standard InChI is InChI=1S/C10H16N2OS2/c1-7-9(3-2-4-14-7)11-5-8-6-15-10(13)12-8/h6-7,9,11H,2-5H2,1H3,(H,12,13). The third-order valence-corrected chi connectivity index (χ3v) is 4.83. The van der Waals surface area contributed by atoms with E-state index in [1.165, 1.54) is 29.9 Å². The molecule has 1 fully saturated rings. The lowest BCUT2D eigenvalue weighted by molar-refractivity contribution is 0.459. The van der Waals surface area contributed by atoms with Gasteiger partial charge in [0.1, 0.15) is 0 Å². The lowest BCUT2D eigenvalue weighted by Gasteiger charge is -2.29. The summed E-state index contributed by atoms with van der Waals surface area (Å²) in [5.41, 5.74) is 1.01. The van der Waals surface area contributed by atoms with E-state index in [2.05, 4.69) is 17.2 Å². The van der Waals surface area contributed by atoms with E-state index >= 15 is 0 Å². The van der Waals surface area contributed by atoms with Gasteiger partial charge in [-0.25, -0.2) is 0 Å². The lowest BCUT2D eigenvalue weighted by Crippen LogP contribution is -2.38. The summed E-state index contributed by atoms with van der Waals surface area (Å²) in [4.78, 5) is 13.8. The fourth-order valence-electron chi connectivity index (χ4n) is 1.83. The van der Waals surface area contributed by atoms with Crippen LogP contribution >= 0.6 is 23.1 Å². The summed E-state index contributed by atoms with van der Waals surface area (Å²) < 4.78 is 0. The molecule has 0 aromatic carbocycles. The first-order valence-electron chi connectivity index (χ1n) is 5.27. The van der Waals surface area contributed by atoms with Crippen molar-refractivity contribution in [2.45, 2.75) is 37.6 Å². The third-order valence-electron chi connectivity index (χ3n) is 2.73. The zero-order valence-corrected chi connectivity index (χ0v) is 10.4. The van der Waals surface area contributed by atoms with Crippen LogP contribution in [0, 0.1) is 0 Å². The molecule has 84 valence electrons. The van der Waals surface area contributed by atoms with Gasteiger partial charge < -0.3 is 10.3 Å². The Morgan fingerprint density at radius 3 is 3.20 bits per heavy atom. The van der Waals surface area contributed by atoms with Gasteiger partial charge in [-0.15, -0.1) is 0 Å². The number of thiazole rings is 1. The van der Waals surface area contributed by atoms with Crippen LogP contribution in [0.15, 0.2) is 10.2 Å². The van der Waals surface area contributed by atoms with Crippen molar-refractivity contribution >= 4 is 23.1 Å². The molecule has 2 N–H and O–H groups in total. The van der Waals surface area contributed by atoms with Crippen LogP contribution in [0.2, 0.25) is 0 Å². The fourth-order valence-corrected chi connectivity index (χ4v) is 3.58. The third kappa shape index (κ3) is 3.09. The molecular formula is C10H16N2OS2. The summed E-state index contributed by atoms with van der Waals surface area (Å²) in [6, 6.07) is 0.590. The minimum Gasteiger partial charge on any atom is -0.315 e. The van der Waals surface area contributed by atoms with E-state index in [4.69, 9.17) is 0 Å². The van der Waals surface area contributed by atoms with Crippen molar-refractivity contribution in [2.75, 3.05) is 5.75 Å². The van der Waals surface area contributed by atoms with Crippen molar-refractivity contribution < 1.29 is 0 Å². The van der Waals surface area contributed by atoms with Gasteiger partial charge in [-0.3, -0.25) is 4.79 Å². The topological polar surface area (TPSA) is 44.9 Å². The maximum Gasteiger partial charge on any atom is 0.304 e. The Kier molecular flexibility index (Phi) is 3.88. The molecule has 1 aromatic heterocycles. The van der Waals surface area contributed by atoms with Crippen LogP contribution in [-0.2, 0) is 6.54 Å². The van der Waals surface area contributed by atoms with Crippen LogP contribution in [0.25, 0.3) is 0 Å². The summed E-state index contributed by atoms with van der Waals surface area (Å²) in [5, 5.41) is 6.10. The minimum atomic E-state index is 0.0397. The van der Waals surface area contributed by atoms with Gasteiger partial charge in [-0.05, 0) is 18.6 Å². The maximum absolute atomic E-state index is 10.9. The van der Waals surface area contributed by atoms with Crippen molar-refractivity contribution in [1.29, 1.82) is 0 Å². The number of H-pyrrole nitrogens is 1. The number of hydrogen-bond acceptors (Lipinski definition) is 4. The number of thioether (sulfide) groups is 1. The van der Waals surface area contributed by atoms with Crippen LogP contribution in [0.5, 0.6) is 0 Å². The molecule has 3 nitrogen and oxygen atoms in total. The maximum atomic E-state index is 10.9. The largest absolute Gasteiger partial charge is 0.315 e. The van der Waals surface area contributed by atoms with Crippen molar-refractivity contribution in [3.05, 3.63) is 20.7 Å². The highest BCUT2D eigenvalue weighted by Crippen LogP contribution is 2.25. The molecule has 0 spiro atoms. The van der Waals surface area contributed by atoms with Crippen LogP contribution in [0.4, 0.5) is 0 Å². The first kappa shape index (κ1) is 11.2. The first-order chi connectivity index (χ1) is 7.25. The second-order valence-corrected chi connectivity index (χ2v) is 6.21. The number of aromatic nitrogens is 1. The van der Waals surface area contributed by atoms with E-state index < -0.39 is 0 Å². The quantitative estimate of drug-likeness (QED) is 0.852. The Balaban J connectivity index is 1.84. The molecule has 1 aliphatic rings. The van der Waals surface area contributed by atoms with Gasteiger partial charge >= 0.3 is 4.87 Å². The van der Waals surface area contributed by atoms with E-state index in [9.17, 15) is 4.79 Å². The van der Waals surface area contributed by atoms with Crippen LogP contribution in [0.3, 0.4) is 0 Å². The highest BCUT2D eigenvalue weighted by atomic mass is 32.2. The minimum absolute atomic E-state index is 0.0397. The smallest absolute Gasteiger partial charge is 0.304 e. The average molecular weight is 244 g/mol. The molecule has 1 aromatic rings. The monoisotopic (exact) mass is 244 g/mol. The molecule has 0 saturated carbocycles. The van der Waals surface area contributed by atoms with Crippen LogP contribution in [-0.4, -0.2) is 22.0 Å². The van der Waals surface area contributed by atoms with Gasteiger partial charge in [0.2, 0.25) is 0 Å². The predicted octanol–water partition coefficient (Wildman–Crippen LogP) is 1.81. The van der Waals surface area contributed by atoms with Crippen LogP contribution < -0.4 is 10.2 Å². The van der Waals surface area contributed by atoms with Crippen molar-refractivity contribution in [1.82, 2.24) is 10.3 Å². The molecule has 0 aliphatic carbocycles. The molecule has 5 heteroatoms. The highest BCUT2D eigenvalue weighted by molar-refractivity contribution is 7.99. The van der Waals surface area contributed by atoms with Gasteiger partial charge in [0.15, 0.2) is 0 Å². The fraction of sp³-hybridized carbons (Fsp3) is 0.700. The zero-order chi connectivity index (χ0) is 10.7. The second-order valence-electron chi connectivity index (χ2n) is 3.88. The second kappa shape index (κ2) is 5.18. The number of aromatic amines is 1. The molecule has 1 aliphatic heterocycles. The van der Waals surface area contributed by atoms with E-state index in [0.29, 0.717) is 11.3 Å². The summed E-state index contributed by atoms with van der Waals surface area (Å²) >= 11 is 3.27. The highest BCUT2D eigenvalue weighted by Gasteiger charge is 2.20. The van der Waals surface area contributed by atoms with Crippen molar-refractivity contribution in [3.63, 3.8) is 0 Å². The predicted molar refractivity (Wildman–Crippen MR) is 66.7 cm³/mol. The Morgan fingerprint density at radius 2 is 2.53 bits per heavy atom. The Morgan fingerprint density at radius 1 is 1.67 bits per heavy atom. The molecule has 15 heavy (non-hydrogen) atoms. The SMILES string of the molecule is CC1SCCCC1NCc1csc(=O)[nH]1. The van der Waals surface area contributed by atoms with Gasteiger partial charge in [-0.2, -0.15) is 11.8 Å². The van der Waals surface area contributed by atoms with Crippen molar-refractivity contribution in [2.24, 2.45) is 0 Å². The van der Waals surface area contributed by atoms with Gasteiger partial charge in [0.05, 0.1) is 0 Å². The lowest BCUT2D eigenvalue weighted by atomic mass is 10.1. The van der Waals surface area contributed by atoms with E-state index in [-0.39, 0.29) is 4.87 Å². The number of hydrogen-bond donors (Lipinski definition) is 2. The normalized spacial score (nSPS) is 26.7. The summed E-state index contributed by atoms with van der Waals surface area (Å²) in [6.07, 6.45) is 2.55. The first-order valence-corrected chi connectivity index (χ1v) is 7.20. The van der Waals surface area contributed by atoms with Gasteiger partial charge in [0.25, 0.3) is 0 Å². The summed E-state index contributed by atoms with van der Waals surface area (Å²) in [6.45, 7) is 3.06. The summed E-state index contributed by atoms with van der Waals surface area (Å²) in [5.74, 6) is 1.29. The van der Waals surface area contributed by atoms with Gasteiger partial charge in [-0.1, -0.05) is 18.3 Å². The molecule has 0 radical (unpaired) electrons. The molecule has 1 saturated heterocycles. The molecule has 2 rings (SSSR count). The van der Waals surface area contributed by atoms with E-state index in [0.717, 1.165) is 12.2 Å². The summed E-state index contributed by atoms with van der Waals surface area (Å²) in [7, 11) is 0. The average Bonchev–Trinajstić information content (AvgIpc) is 2.63. The molecule has 2 atom stereocenters. The van der Waals surface area contributed by atoms with E-state index in [1.807, 2.05) is 17.1 Å². The Labute approximate surface area is 97.7 Å².